The van der Waals surface area contributed by atoms with Crippen LogP contribution in [0.15, 0.2) is 12.3 Å². The van der Waals surface area contributed by atoms with Crippen LogP contribution in [-0.4, -0.2) is 36.3 Å². The van der Waals surface area contributed by atoms with E-state index in [0.717, 1.165) is 26.0 Å². The van der Waals surface area contributed by atoms with E-state index in [9.17, 15) is 0 Å². The Morgan fingerprint density at radius 2 is 2.60 bits per heavy atom. The number of nitrogens with one attached hydrogen (secondary N) is 1. The largest absolute Gasteiger partial charge is 0.481 e. The highest BCUT2D eigenvalue weighted by Gasteiger charge is 2.15. The number of rotatable bonds is 4. The van der Waals surface area contributed by atoms with Gasteiger partial charge in [0.25, 0.3) is 0 Å². The van der Waals surface area contributed by atoms with Gasteiger partial charge in [-0.2, -0.15) is 4.98 Å². The van der Waals surface area contributed by atoms with Gasteiger partial charge in [0.15, 0.2) is 0 Å². The van der Waals surface area contributed by atoms with E-state index in [-0.39, 0.29) is 0 Å². The topological polar surface area (TPSA) is 56.3 Å². The molecule has 5 heteroatoms. The first-order valence-corrected chi connectivity index (χ1v) is 5.11. The van der Waals surface area contributed by atoms with Gasteiger partial charge in [-0.15, -0.1) is 0 Å². The van der Waals surface area contributed by atoms with Crippen molar-refractivity contribution in [3.63, 3.8) is 0 Å². The van der Waals surface area contributed by atoms with Gasteiger partial charge in [0.1, 0.15) is 0 Å². The van der Waals surface area contributed by atoms with Crippen LogP contribution in [-0.2, 0) is 4.74 Å². The highest BCUT2D eigenvalue weighted by atomic mass is 16.5. The summed E-state index contributed by atoms with van der Waals surface area (Å²) in [5.41, 5.74) is 0. The molecule has 1 aromatic heterocycles. The lowest BCUT2D eigenvalue weighted by atomic mass is 10.2. The molecule has 82 valence electrons. The van der Waals surface area contributed by atoms with Crippen LogP contribution < -0.4 is 10.1 Å². The minimum Gasteiger partial charge on any atom is -0.481 e. The smallest absolute Gasteiger partial charge is 0.226 e. The van der Waals surface area contributed by atoms with Crippen LogP contribution in [0.1, 0.15) is 12.8 Å². The fourth-order valence-electron chi connectivity index (χ4n) is 1.55. The van der Waals surface area contributed by atoms with Crippen LogP contribution in [0.5, 0.6) is 5.88 Å². The normalized spacial score (nSPS) is 20.2. The molecule has 0 saturated carbocycles. The maximum absolute atomic E-state index is 5.48. The third-order valence-electron chi connectivity index (χ3n) is 2.35. The zero-order chi connectivity index (χ0) is 10.5. The summed E-state index contributed by atoms with van der Waals surface area (Å²) in [5.74, 6) is 1.16. The zero-order valence-electron chi connectivity index (χ0n) is 8.77. The van der Waals surface area contributed by atoms with Crippen LogP contribution in [0.3, 0.4) is 0 Å². The number of ether oxygens (including phenoxy) is 2. The highest BCUT2D eigenvalue weighted by Crippen LogP contribution is 2.13. The molecule has 0 spiro atoms. The maximum Gasteiger partial charge on any atom is 0.226 e. The number of nitrogens with zero attached hydrogens (tertiary/aromatic N) is 2. The molecule has 1 aliphatic rings. The van der Waals surface area contributed by atoms with Crippen LogP contribution in [0.2, 0.25) is 0 Å². The lowest BCUT2D eigenvalue weighted by Gasteiger charge is -2.10. The molecule has 15 heavy (non-hydrogen) atoms. The van der Waals surface area contributed by atoms with E-state index in [4.69, 9.17) is 9.47 Å². The standard InChI is InChI=1S/C10H15N3O2/c1-14-9-4-5-11-10(13-9)12-7-8-3-2-6-15-8/h4-5,8H,2-3,6-7H2,1H3,(H,11,12,13)/t8-/m0/s1. The van der Waals surface area contributed by atoms with Gasteiger partial charge in [0.05, 0.1) is 13.2 Å². The van der Waals surface area contributed by atoms with Gasteiger partial charge in [-0.3, -0.25) is 0 Å². The van der Waals surface area contributed by atoms with Gasteiger partial charge < -0.3 is 14.8 Å². The molecule has 2 rings (SSSR count). The minimum atomic E-state index is 0.291. The first-order valence-electron chi connectivity index (χ1n) is 5.11. The van der Waals surface area contributed by atoms with Crippen LogP contribution in [0, 0.1) is 0 Å². The van der Waals surface area contributed by atoms with Gasteiger partial charge in [0, 0.05) is 25.4 Å². The predicted octanol–water partition coefficient (Wildman–Crippen LogP) is 1.08. The average molecular weight is 209 g/mol. The molecule has 1 saturated heterocycles. The molecule has 0 amide bonds. The average Bonchev–Trinajstić information content (AvgIpc) is 2.79. The van der Waals surface area contributed by atoms with Crippen molar-refractivity contribution in [1.82, 2.24) is 9.97 Å². The molecule has 1 aliphatic heterocycles. The van der Waals surface area contributed by atoms with Crippen molar-refractivity contribution >= 4 is 5.95 Å². The molecule has 1 aromatic rings. The number of anilines is 1. The van der Waals surface area contributed by atoms with Crippen molar-refractivity contribution in [2.75, 3.05) is 25.6 Å². The van der Waals surface area contributed by atoms with Gasteiger partial charge in [-0.25, -0.2) is 4.98 Å². The molecular weight excluding hydrogens is 194 g/mol. The Morgan fingerprint density at radius 3 is 3.33 bits per heavy atom. The summed E-state index contributed by atoms with van der Waals surface area (Å²) in [7, 11) is 1.59. The van der Waals surface area contributed by atoms with Crippen molar-refractivity contribution in [2.24, 2.45) is 0 Å². The Balaban J connectivity index is 1.86. The van der Waals surface area contributed by atoms with E-state index in [1.807, 2.05) is 0 Å². The van der Waals surface area contributed by atoms with Crippen LogP contribution in [0.4, 0.5) is 5.95 Å². The number of hydrogen-bond donors (Lipinski definition) is 1. The highest BCUT2D eigenvalue weighted by molar-refractivity contribution is 5.27. The summed E-state index contributed by atoms with van der Waals surface area (Å²) in [5, 5.41) is 3.13. The van der Waals surface area contributed by atoms with Gasteiger partial charge in [0.2, 0.25) is 11.8 Å². The lowest BCUT2D eigenvalue weighted by molar-refractivity contribution is 0.120. The SMILES string of the molecule is COc1ccnc(NC[C@@H]2CCCO2)n1. The first-order chi connectivity index (χ1) is 7.38. The molecule has 0 bridgehead atoms. The minimum absolute atomic E-state index is 0.291. The van der Waals surface area contributed by atoms with Crippen LogP contribution in [0.25, 0.3) is 0 Å². The number of hydrogen-bond acceptors (Lipinski definition) is 5. The van der Waals surface area contributed by atoms with Gasteiger partial charge >= 0.3 is 0 Å². The van der Waals surface area contributed by atoms with Gasteiger partial charge in [-0.1, -0.05) is 0 Å². The summed E-state index contributed by atoms with van der Waals surface area (Å²) in [4.78, 5) is 8.24. The van der Waals surface area contributed by atoms with Crippen LogP contribution >= 0.6 is 0 Å². The fraction of sp³-hybridized carbons (Fsp3) is 0.600. The second kappa shape index (κ2) is 4.93. The Hall–Kier alpha value is -1.36. The molecule has 2 heterocycles. The molecule has 0 unspecified atom stereocenters. The maximum atomic E-state index is 5.48. The summed E-state index contributed by atoms with van der Waals surface area (Å²) >= 11 is 0. The molecule has 1 N–H and O–H groups in total. The van der Waals surface area contributed by atoms with Crippen molar-refractivity contribution in [3.05, 3.63) is 12.3 Å². The molecule has 1 atom stereocenters. The third kappa shape index (κ3) is 2.79. The van der Waals surface area contributed by atoms with E-state index >= 15 is 0 Å². The second-order valence-corrected chi connectivity index (χ2v) is 3.44. The fourth-order valence-corrected chi connectivity index (χ4v) is 1.55. The van der Waals surface area contributed by atoms with E-state index in [1.54, 1.807) is 19.4 Å². The Bertz CT molecular complexity index is 313. The predicted molar refractivity (Wildman–Crippen MR) is 56.0 cm³/mol. The zero-order valence-corrected chi connectivity index (χ0v) is 8.77. The lowest BCUT2D eigenvalue weighted by Crippen LogP contribution is -2.19. The molecule has 0 aliphatic carbocycles. The molecule has 0 aromatic carbocycles. The Morgan fingerprint density at radius 1 is 1.67 bits per heavy atom. The third-order valence-corrected chi connectivity index (χ3v) is 2.35. The van der Waals surface area contributed by atoms with Gasteiger partial charge in [-0.05, 0) is 12.8 Å². The van der Waals surface area contributed by atoms with E-state index in [1.165, 1.54) is 0 Å². The first kappa shape index (κ1) is 10.2. The molecular formula is C10H15N3O2. The summed E-state index contributed by atoms with van der Waals surface area (Å²) in [6, 6.07) is 1.72. The quantitative estimate of drug-likeness (QED) is 0.804. The number of methoxy groups -OCH3 is 1. The Kier molecular flexibility index (Phi) is 3.34. The van der Waals surface area contributed by atoms with E-state index < -0.39 is 0 Å². The Labute approximate surface area is 88.8 Å². The molecule has 5 nitrogen and oxygen atoms in total. The van der Waals surface area contributed by atoms with E-state index in [0.29, 0.717) is 17.9 Å². The summed E-state index contributed by atoms with van der Waals surface area (Å²) in [6.45, 7) is 1.62. The molecule has 0 radical (unpaired) electrons. The summed E-state index contributed by atoms with van der Waals surface area (Å²) in [6.07, 6.45) is 4.21. The second-order valence-electron chi connectivity index (χ2n) is 3.44. The van der Waals surface area contributed by atoms with Crippen molar-refractivity contribution in [3.8, 4) is 5.88 Å². The van der Waals surface area contributed by atoms with Crippen molar-refractivity contribution < 1.29 is 9.47 Å². The monoisotopic (exact) mass is 209 g/mol. The van der Waals surface area contributed by atoms with Crippen molar-refractivity contribution in [1.29, 1.82) is 0 Å². The summed E-state index contributed by atoms with van der Waals surface area (Å²) < 4.78 is 10.5. The van der Waals surface area contributed by atoms with E-state index in [2.05, 4.69) is 15.3 Å². The molecule has 1 fully saturated rings. The van der Waals surface area contributed by atoms with Crippen molar-refractivity contribution in [2.45, 2.75) is 18.9 Å². The number of aromatic nitrogens is 2.